The first-order valence-electron chi connectivity index (χ1n) is 8.24. The average molecular weight is 413 g/mol. The molecule has 3 rings (SSSR count). The molecule has 0 amide bonds. The molecule has 0 aliphatic heterocycles. The molecule has 27 heavy (non-hydrogen) atoms. The SMILES string of the molecule is O=[N+]([O-])c1ccc(S(=O)(=O)NC2CCC(Oc3ncc(Cl)cn3)CC2)cc1. The summed E-state index contributed by atoms with van der Waals surface area (Å²) in [7, 11) is -3.74. The van der Waals surface area contributed by atoms with Crippen molar-refractivity contribution in [1.29, 1.82) is 0 Å². The zero-order valence-corrected chi connectivity index (χ0v) is 15.7. The highest BCUT2D eigenvalue weighted by molar-refractivity contribution is 7.89. The van der Waals surface area contributed by atoms with Crippen molar-refractivity contribution >= 4 is 27.3 Å². The molecule has 1 saturated carbocycles. The number of aromatic nitrogens is 2. The Kier molecular flexibility index (Phi) is 5.88. The topological polar surface area (TPSA) is 124 Å². The van der Waals surface area contributed by atoms with Gasteiger partial charge in [-0.25, -0.2) is 23.1 Å². The number of nitrogens with zero attached hydrogens (tertiary/aromatic N) is 3. The largest absolute Gasteiger partial charge is 0.460 e. The Morgan fingerprint density at radius 1 is 1.11 bits per heavy atom. The maximum absolute atomic E-state index is 12.4. The number of hydrogen-bond acceptors (Lipinski definition) is 7. The minimum absolute atomic E-state index is 0.000961. The van der Waals surface area contributed by atoms with Gasteiger partial charge in [0.2, 0.25) is 10.0 Å². The Bertz CT molecular complexity index is 897. The Balaban J connectivity index is 1.54. The Labute approximate surface area is 160 Å². The van der Waals surface area contributed by atoms with Gasteiger partial charge < -0.3 is 4.74 Å². The predicted octanol–water partition coefficient (Wildman–Crippen LogP) is 2.71. The van der Waals surface area contributed by atoms with E-state index in [1.165, 1.54) is 36.7 Å². The lowest BCUT2D eigenvalue weighted by molar-refractivity contribution is -0.384. The van der Waals surface area contributed by atoms with Crippen molar-refractivity contribution < 1.29 is 18.1 Å². The molecule has 2 aromatic rings. The predicted molar refractivity (Wildman–Crippen MR) is 97.1 cm³/mol. The van der Waals surface area contributed by atoms with Crippen LogP contribution in [0.15, 0.2) is 41.6 Å². The van der Waals surface area contributed by atoms with Crippen LogP contribution in [-0.2, 0) is 10.0 Å². The molecule has 0 saturated heterocycles. The molecule has 0 unspecified atom stereocenters. The lowest BCUT2D eigenvalue weighted by Gasteiger charge is -2.28. The van der Waals surface area contributed by atoms with Gasteiger partial charge >= 0.3 is 6.01 Å². The number of nitro benzene ring substituents is 1. The van der Waals surface area contributed by atoms with Crippen LogP contribution in [0.5, 0.6) is 6.01 Å². The zero-order chi connectivity index (χ0) is 19.4. The van der Waals surface area contributed by atoms with E-state index in [0.29, 0.717) is 30.7 Å². The zero-order valence-electron chi connectivity index (χ0n) is 14.1. The lowest BCUT2D eigenvalue weighted by Crippen LogP contribution is -2.39. The fourth-order valence-electron chi connectivity index (χ4n) is 2.84. The number of sulfonamides is 1. The van der Waals surface area contributed by atoms with Gasteiger partial charge in [0.1, 0.15) is 6.10 Å². The highest BCUT2D eigenvalue weighted by Gasteiger charge is 2.27. The number of nitro groups is 1. The second-order valence-electron chi connectivity index (χ2n) is 6.15. The van der Waals surface area contributed by atoms with Gasteiger partial charge in [-0.1, -0.05) is 11.6 Å². The molecule has 0 radical (unpaired) electrons. The summed E-state index contributed by atoms with van der Waals surface area (Å²) in [6.07, 6.45) is 5.32. The summed E-state index contributed by atoms with van der Waals surface area (Å²) in [4.78, 5) is 18.1. The molecule has 1 aliphatic rings. The lowest BCUT2D eigenvalue weighted by atomic mass is 9.94. The Morgan fingerprint density at radius 2 is 1.70 bits per heavy atom. The van der Waals surface area contributed by atoms with Crippen LogP contribution < -0.4 is 9.46 Å². The molecule has 0 spiro atoms. The van der Waals surface area contributed by atoms with E-state index in [1.54, 1.807) is 0 Å². The van der Waals surface area contributed by atoms with Crippen molar-refractivity contribution in [3.05, 3.63) is 51.8 Å². The van der Waals surface area contributed by atoms with Crippen molar-refractivity contribution in [3.8, 4) is 6.01 Å². The fourth-order valence-corrected chi connectivity index (χ4v) is 4.25. The molecule has 0 bridgehead atoms. The van der Waals surface area contributed by atoms with E-state index in [0.717, 1.165) is 0 Å². The molecule has 1 aromatic carbocycles. The van der Waals surface area contributed by atoms with E-state index in [-0.39, 0.29) is 28.7 Å². The maximum Gasteiger partial charge on any atom is 0.316 e. The summed E-state index contributed by atoms with van der Waals surface area (Å²) in [6, 6.07) is 4.82. The number of non-ortho nitro benzene ring substituents is 1. The third-order valence-electron chi connectivity index (χ3n) is 4.22. The van der Waals surface area contributed by atoms with Gasteiger partial charge in [-0.05, 0) is 37.8 Å². The normalized spacial score (nSPS) is 20.2. The van der Waals surface area contributed by atoms with Crippen LogP contribution in [0.25, 0.3) is 0 Å². The molecule has 1 aromatic heterocycles. The van der Waals surface area contributed by atoms with Crippen molar-refractivity contribution in [1.82, 2.24) is 14.7 Å². The first-order chi connectivity index (χ1) is 12.8. The molecule has 1 fully saturated rings. The van der Waals surface area contributed by atoms with Gasteiger partial charge in [0.15, 0.2) is 0 Å². The summed E-state index contributed by atoms with van der Waals surface area (Å²) < 4.78 is 33.2. The van der Waals surface area contributed by atoms with Gasteiger partial charge in [0, 0.05) is 18.2 Å². The van der Waals surface area contributed by atoms with Crippen molar-refractivity contribution in [3.63, 3.8) is 0 Å². The minimum atomic E-state index is -3.74. The van der Waals surface area contributed by atoms with E-state index in [1.807, 2.05) is 0 Å². The third-order valence-corrected chi connectivity index (χ3v) is 5.95. The standard InChI is InChI=1S/C16H17ClN4O5S/c17-11-9-18-16(19-10-11)26-14-5-1-12(2-6-14)20-27(24,25)15-7-3-13(4-8-15)21(22)23/h3-4,7-10,12,14,20H,1-2,5-6H2. The van der Waals surface area contributed by atoms with Crippen molar-refractivity contribution in [2.24, 2.45) is 0 Å². The highest BCUT2D eigenvalue weighted by Crippen LogP contribution is 2.24. The number of rotatable bonds is 6. The van der Waals surface area contributed by atoms with Crippen LogP contribution in [0.4, 0.5) is 5.69 Å². The molecular formula is C16H17ClN4O5S. The molecule has 144 valence electrons. The first kappa shape index (κ1) is 19.5. The van der Waals surface area contributed by atoms with Crippen LogP contribution in [-0.4, -0.2) is 35.5 Å². The second kappa shape index (κ2) is 8.15. The van der Waals surface area contributed by atoms with E-state index >= 15 is 0 Å². The van der Waals surface area contributed by atoms with E-state index < -0.39 is 14.9 Å². The molecule has 9 nitrogen and oxygen atoms in total. The maximum atomic E-state index is 12.4. The summed E-state index contributed by atoms with van der Waals surface area (Å²) in [6.45, 7) is 0. The number of nitrogens with one attached hydrogen (secondary N) is 1. The quantitative estimate of drug-likeness (QED) is 0.571. The van der Waals surface area contributed by atoms with Crippen molar-refractivity contribution in [2.75, 3.05) is 0 Å². The molecule has 1 heterocycles. The van der Waals surface area contributed by atoms with Gasteiger partial charge in [-0.15, -0.1) is 0 Å². The molecular weight excluding hydrogens is 396 g/mol. The van der Waals surface area contributed by atoms with E-state index in [2.05, 4.69) is 14.7 Å². The fraction of sp³-hybridized carbons (Fsp3) is 0.375. The van der Waals surface area contributed by atoms with Gasteiger partial charge in [-0.3, -0.25) is 10.1 Å². The molecule has 0 atom stereocenters. The van der Waals surface area contributed by atoms with E-state index in [9.17, 15) is 18.5 Å². The number of benzene rings is 1. The summed E-state index contributed by atoms with van der Waals surface area (Å²) >= 11 is 5.73. The highest BCUT2D eigenvalue weighted by atomic mass is 35.5. The van der Waals surface area contributed by atoms with Crippen LogP contribution in [0, 0.1) is 10.1 Å². The second-order valence-corrected chi connectivity index (χ2v) is 8.30. The summed E-state index contributed by atoms with van der Waals surface area (Å²) in [5, 5.41) is 11.1. The Hall–Kier alpha value is -2.30. The van der Waals surface area contributed by atoms with E-state index in [4.69, 9.17) is 16.3 Å². The average Bonchev–Trinajstić information content (AvgIpc) is 2.65. The molecule has 11 heteroatoms. The summed E-state index contributed by atoms with van der Waals surface area (Å²) in [5.74, 6) is 0. The third kappa shape index (κ3) is 5.12. The van der Waals surface area contributed by atoms with Gasteiger partial charge in [-0.2, -0.15) is 0 Å². The number of halogens is 1. The van der Waals surface area contributed by atoms with Crippen LogP contribution >= 0.6 is 11.6 Å². The van der Waals surface area contributed by atoms with Crippen LogP contribution in [0.3, 0.4) is 0 Å². The van der Waals surface area contributed by atoms with Crippen LogP contribution in [0.1, 0.15) is 25.7 Å². The minimum Gasteiger partial charge on any atom is -0.460 e. The van der Waals surface area contributed by atoms with Crippen LogP contribution in [0.2, 0.25) is 5.02 Å². The number of ether oxygens (including phenoxy) is 1. The molecule has 1 N–H and O–H groups in total. The van der Waals surface area contributed by atoms with Gasteiger partial charge in [0.05, 0.1) is 27.2 Å². The first-order valence-corrected chi connectivity index (χ1v) is 10.1. The van der Waals surface area contributed by atoms with Gasteiger partial charge in [0.25, 0.3) is 5.69 Å². The smallest absolute Gasteiger partial charge is 0.316 e. The van der Waals surface area contributed by atoms with Crippen molar-refractivity contribution in [2.45, 2.75) is 42.7 Å². The summed E-state index contributed by atoms with van der Waals surface area (Å²) in [5.41, 5.74) is -0.156. The monoisotopic (exact) mass is 412 g/mol. The Morgan fingerprint density at radius 3 is 2.26 bits per heavy atom. The molecule has 1 aliphatic carbocycles. The number of hydrogen-bond donors (Lipinski definition) is 1.